The van der Waals surface area contributed by atoms with E-state index in [2.05, 4.69) is 31.8 Å². The number of anilines is 1. The number of hydrogen-bond donors (Lipinski definition) is 2. The van der Waals surface area contributed by atoms with Crippen molar-refractivity contribution in [2.75, 3.05) is 19.5 Å². The van der Waals surface area contributed by atoms with Gasteiger partial charge in [-0.1, -0.05) is 12.1 Å². The molecule has 0 aliphatic rings. The Hall–Kier alpha value is -2.87. The average molecular weight is 434 g/mol. The molecule has 0 atom stereocenters. The van der Waals surface area contributed by atoms with Crippen molar-refractivity contribution in [3.63, 3.8) is 0 Å². The van der Waals surface area contributed by atoms with E-state index in [4.69, 9.17) is 9.47 Å². The summed E-state index contributed by atoms with van der Waals surface area (Å²) in [5.41, 5.74) is 3.93. The lowest BCUT2D eigenvalue weighted by atomic mass is 10.2. The van der Waals surface area contributed by atoms with Crippen LogP contribution in [0.2, 0.25) is 0 Å². The van der Waals surface area contributed by atoms with Gasteiger partial charge < -0.3 is 14.8 Å². The first-order valence-corrected chi connectivity index (χ1v) is 8.83. The quantitative estimate of drug-likeness (QED) is 0.515. The summed E-state index contributed by atoms with van der Waals surface area (Å²) >= 11 is 3.37. The Bertz CT molecular complexity index is 868. The first-order valence-electron chi connectivity index (χ1n) is 8.04. The molecule has 0 aliphatic heterocycles. The first-order chi connectivity index (χ1) is 12.9. The van der Waals surface area contributed by atoms with Crippen LogP contribution < -0.4 is 20.2 Å². The number of amides is 2. The van der Waals surface area contributed by atoms with Crippen molar-refractivity contribution < 1.29 is 19.1 Å². The zero-order valence-electron chi connectivity index (χ0n) is 15.2. The molecule has 2 rings (SSSR count). The highest BCUT2D eigenvalue weighted by atomic mass is 79.9. The van der Waals surface area contributed by atoms with Gasteiger partial charge >= 0.3 is 0 Å². The van der Waals surface area contributed by atoms with E-state index in [-0.39, 0.29) is 12.3 Å². The molecule has 0 aromatic heterocycles. The number of methoxy groups -OCH3 is 2. The van der Waals surface area contributed by atoms with E-state index in [0.717, 1.165) is 4.47 Å². The first kappa shape index (κ1) is 20.4. The Kier molecular flexibility index (Phi) is 7.36. The number of halogens is 1. The largest absolute Gasteiger partial charge is 0.493 e. The fraction of sp³-hybridized carbons (Fsp3) is 0.211. The van der Waals surface area contributed by atoms with Gasteiger partial charge in [0.2, 0.25) is 5.91 Å². The lowest BCUT2D eigenvalue weighted by Crippen LogP contribution is -2.21. The minimum Gasteiger partial charge on any atom is -0.493 e. The maximum atomic E-state index is 12.2. The summed E-state index contributed by atoms with van der Waals surface area (Å²) in [5.74, 6) is 0.321. The van der Waals surface area contributed by atoms with Crippen molar-refractivity contribution >= 4 is 39.1 Å². The van der Waals surface area contributed by atoms with Crippen LogP contribution in [0.25, 0.3) is 0 Å². The van der Waals surface area contributed by atoms with Gasteiger partial charge in [0.15, 0.2) is 11.5 Å². The van der Waals surface area contributed by atoms with Gasteiger partial charge in [-0.15, -0.1) is 0 Å². The van der Waals surface area contributed by atoms with Gasteiger partial charge in [0.05, 0.1) is 26.3 Å². The van der Waals surface area contributed by atoms with Gasteiger partial charge in [-0.25, -0.2) is 5.43 Å². The van der Waals surface area contributed by atoms with Crippen molar-refractivity contribution in [2.45, 2.75) is 13.3 Å². The summed E-state index contributed by atoms with van der Waals surface area (Å²) in [5, 5.41) is 6.75. The molecule has 0 radical (unpaired) electrons. The molecule has 0 bridgehead atoms. The smallest absolute Gasteiger partial charge is 0.271 e. The molecule has 142 valence electrons. The van der Waals surface area contributed by atoms with Gasteiger partial charge in [0.1, 0.15) is 0 Å². The number of carbonyl (C=O) groups excluding carboxylic acids is 2. The van der Waals surface area contributed by atoms with Crippen LogP contribution in [0.5, 0.6) is 11.5 Å². The molecule has 0 fully saturated rings. The standard InChI is InChI=1S/C19H20BrN3O4/c1-12(10-18(24)21-15-7-5-4-6-14(15)20)22-23-19(25)13-8-9-16(26-2)17(11-13)27-3/h4-9,11H,10H2,1-3H3,(H,21,24)(H,23,25)/b22-12-. The molecule has 0 heterocycles. The number of nitrogens with one attached hydrogen (secondary N) is 2. The number of para-hydroxylation sites is 1. The minimum absolute atomic E-state index is 0.0492. The highest BCUT2D eigenvalue weighted by Gasteiger charge is 2.11. The Morgan fingerprint density at radius 1 is 1.07 bits per heavy atom. The maximum Gasteiger partial charge on any atom is 0.271 e. The number of carbonyl (C=O) groups is 2. The van der Waals surface area contributed by atoms with Crippen LogP contribution in [0.3, 0.4) is 0 Å². The van der Waals surface area contributed by atoms with Gasteiger partial charge in [-0.05, 0) is 53.2 Å². The number of ether oxygens (including phenoxy) is 2. The molecule has 0 saturated heterocycles. The summed E-state index contributed by atoms with van der Waals surface area (Å²) in [4.78, 5) is 24.3. The molecule has 2 N–H and O–H groups in total. The van der Waals surface area contributed by atoms with Crippen LogP contribution in [0.1, 0.15) is 23.7 Å². The Labute approximate surface area is 165 Å². The number of hydrogen-bond acceptors (Lipinski definition) is 5. The third-order valence-electron chi connectivity index (χ3n) is 3.56. The Morgan fingerprint density at radius 2 is 1.78 bits per heavy atom. The summed E-state index contributed by atoms with van der Waals surface area (Å²) in [6, 6.07) is 12.1. The highest BCUT2D eigenvalue weighted by Crippen LogP contribution is 2.27. The van der Waals surface area contributed by atoms with Crippen LogP contribution in [0.15, 0.2) is 52.0 Å². The lowest BCUT2D eigenvalue weighted by Gasteiger charge is -2.09. The summed E-state index contributed by atoms with van der Waals surface area (Å²) < 4.78 is 11.1. The van der Waals surface area contributed by atoms with E-state index in [0.29, 0.717) is 28.5 Å². The van der Waals surface area contributed by atoms with Crippen molar-refractivity contribution in [3.05, 3.63) is 52.5 Å². The van der Waals surface area contributed by atoms with Crippen LogP contribution in [-0.4, -0.2) is 31.7 Å². The molecule has 2 aromatic rings. The predicted molar refractivity (Wildman–Crippen MR) is 108 cm³/mol. The van der Waals surface area contributed by atoms with E-state index in [1.54, 1.807) is 31.2 Å². The molecule has 0 aliphatic carbocycles. The van der Waals surface area contributed by atoms with Gasteiger partial charge in [0, 0.05) is 15.7 Å². The molecular weight excluding hydrogens is 414 g/mol. The Morgan fingerprint density at radius 3 is 2.44 bits per heavy atom. The van der Waals surface area contributed by atoms with Crippen LogP contribution in [0, 0.1) is 0 Å². The molecule has 0 saturated carbocycles. The fourth-order valence-electron chi connectivity index (χ4n) is 2.22. The summed E-state index contributed by atoms with van der Waals surface area (Å²) in [7, 11) is 3.01. The zero-order valence-corrected chi connectivity index (χ0v) is 16.8. The SMILES string of the molecule is COc1ccc(C(=O)N/N=C(/C)CC(=O)Nc2ccccc2Br)cc1OC. The second-order valence-corrected chi connectivity index (χ2v) is 6.42. The molecule has 8 heteroatoms. The van der Waals surface area contributed by atoms with Crippen LogP contribution >= 0.6 is 15.9 Å². The van der Waals surface area contributed by atoms with E-state index < -0.39 is 5.91 Å². The number of nitrogens with zero attached hydrogens (tertiary/aromatic N) is 1. The second kappa shape index (κ2) is 9.72. The predicted octanol–water partition coefficient (Wildman–Crippen LogP) is 3.60. The highest BCUT2D eigenvalue weighted by molar-refractivity contribution is 9.10. The third-order valence-corrected chi connectivity index (χ3v) is 4.25. The normalized spacial score (nSPS) is 10.9. The molecule has 27 heavy (non-hydrogen) atoms. The minimum atomic E-state index is -0.415. The summed E-state index contributed by atoms with van der Waals surface area (Å²) in [6.07, 6.45) is 0.0492. The molecule has 0 unspecified atom stereocenters. The number of hydrazone groups is 1. The third kappa shape index (κ3) is 5.82. The van der Waals surface area contributed by atoms with E-state index in [1.165, 1.54) is 14.2 Å². The van der Waals surface area contributed by atoms with Crippen molar-refractivity contribution in [3.8, 4) is 11.5 Å². The van der Waals surface area contributed by atoms with Crippen LogP contribution in [-0.2, 0) is 4.79 Å². The van der Waals surface area contributed by atoms with E-state index in [9.17, 15) is 9.59 Å². The average Bonchev–Trinajstić information content (AvgIpc) is 2.67. The molecular formula is C19H20BrN3O4. The molecule has 2 aromatic carbocycles. The van der Waals surface area contributed by atoms with E-state index >= 15 is 0 Å². The Balaban J connectivity index is 1.95. The summed E-state index contributed by atoms with van der Waals surface area (Å²) in [6.45, 7) is 1.66. The van der Waals surface area contributed by atoms with Gasteiger partial charge in [0.25, 0.3) is 5.91 Å². The number of benzene rings is 2. The molecule has 0 spiro atoms. The second-order valence-electron chi connectivity index (χ2n) is 5.56. The monoisotopic (exact) mass is 433 g/mol. The fourth-order valence-corrected chi connectivity index (χ4v) is 2.60. The van der Waals surface area contributed by atoms with Crippen molar-refractivity contribution in [2.24, 2.45) is 5.10 Å². The molecule has 7 nitrogen and oxygen atoms in total. The van der Waals surface area contributed by atoms with Crippen molar-refractivity contribution in [1.82, 2.24) is 5.43 Å². The lowest BCUT2D eigenvalue weighted by molar-refractivity contribution is -0.115. The topological polar surface area (TPSA) is 89.0 Å². The number of rotatable bonds is 7. The molecule has 2 amide bonds. The van der Waals surface area contributed by atoms with Crippen LogP contribution in [0.4, 0.5) is 5.69 Å². The van der Waals surface area contributed by atoms with E-state index in [1.807, 2.05) is 18.2 Å². The maximum absolute atomic E-state index is 12.2. The van der Waals surface area contributed by atoms with Crippen molar-refractivity contribution in [1.29, 1.82) is 0 Å². The zero-order chi connectivity index (χ0) is 19.8. The van der Waals surface area contributed by atoms with Gasteiger partial charge in [-0.3, -0.25) is 9.59 Å². The van der Waals surface area contributed by atoms with Gasteiger partial charge in [-0.2, -0.15) is 5.10 Å².